The van der Waals surface area contributed by atoms with Crippen molar-refractivity contribution in [3.8, 4) is 0 Å². The maximum atomic E-state index is 10.2. The van der Waals surface area contributed by atoms with Gasteiger partial charge in [-0.15, -0.1) is 0 Å². The summed E-state index contributed by atoms with van der Waals surface area (Å²) in [5.41, 5.74) is 0. The predicted molar refractivity (Wildman–Crippen MR) is 32.6 cm³/mol. The van der Waals surface area contributed by atoms with Gasteiger partial charge < -0.3 is 0 Å². The molecule has 0 saturated heterocycles. The van der Waals surface area contributed by atoms with Crippen molar-refractivity contribution in [3.63, 3.8) is 0 Å². The lowest BCUT2D eigenvalue weighted by Gasteiger charge is -1.87. The van der Waals surface area contributed by atoms with Gasteiger partial charge in [0.2, 0.25) is 0 Å². The van der Waals surface area contributed by atoms with Crippen molar-refractivity contribution in [2.24, 2.45) is 0 Å². The highest BCUT2D eigenvalue weighted by Gasteiger charge is 1.95. The van der Waals surface area contributed by atoms with Crippen molar-refractivity contribution in [2.45, 2.75) is 13.3 Å². The fourth-order valence-electron chi connectivity index (χ4n) is 0.311. The standard InChI is InChI=1S/C3H9O2SSi/c1-2-3-6(4,5)7/h2-3,7H2,1H3. The molecule has 0 bridgehead atoms. The summed E-state index contributed by atoms with van der Waals surface area (Å²) in [6.07, 6.45) is 0.728. The van der Waals surface area contributed by atoms with Gasteiger partial charge in [0.15, 0.2) is 9.39 Å². The van der Waals surface area contributed by atoms with E-state index >= 15 is 0 Å². The van der Waals surface area contributed by atoms with Crippen LogP contribution in [0.1, 0.15) is 13.3 Å². The minimum Gasteiger partial charge on any atom is -0.237 e. The molecule has 0 unspecified atom stereocenters. The van der Waals surface area contributed by atoms with E-state index in [1.165, 1.54) is 0 Å². The minimum atomic E-state index is -2.65. The highest BCUT2D eigenvalue weighted by atomic mass is 32.4. The second-order valence-corrected chi connectivity index (χ2v) is 5.98. The second kappa shape index (κ2) is 2.47. The van der Waals surface area contributed by atoms with Crippen LogP contribution >= 0.6 is 0 Å². The van der Waals surface area contributed by atoms with Crippen LogP contribution in [0.25, 0.3) is 0 Å². The monoisotopic (exact) mass is 137 g/mol. The van der Waals surface area contributed by atoms with Crippen LogP contribution < -0.4 is 0 Å². The number of rotatable bonds is 2. The molecule has 0 aliphatic rings. The van der Waals surface area contributed by atoms with Gasteiger partial charge in [-0.2, -0.15) is 0 Å². The molecule has 0 amide bonds. The third-order valence-electron chi connectivity index (χ3n) is 0.515. The number of hydrogen-bond donors (Lipinski definition) is 0. The zero-order valence-electron chi connectivity index (χ0n) is 4.35. The SMILES string of the molecule is CCCS(=O)(=O)[SiH2]. The molecule has 2 nitrogen and oxygen atoms in total. The van der Waals surface area contributed by atoms with E-state index < -0.39 is 9.29 Å². The van der Waals surface area contributed by atoms with E-state index in [4.69, 9.17) is 0 Å². The summed E-state index contributed by atoms with van der Waals surface area (Å²) in [4.78, 5) is 0. The Bertz CT molecular complexity index is 126. The zero-order valence-corrected chi connectivity index (χ0v) is 6.58. The molecule has 7 heavy (non-hydrogen) atoms. The van der Waals surface area contributed by atoms with Gasteiger partial charge >= 0.3 is 0 Å². The molecule has 0 atom stereocenters. The maximum absolute atomic E-state index is 10.2. The molecule has 0 aliphatic heterocycles. The Labute approximate surface area is 46.9 Å². The van der Waals surface area contributed by atoms with E-state index in [1.807, 2.05) is 6.92 Å². The first kappa shape index (κ1) is 7.17. The van der Waals surface area contributed by atoms with Crippen molar-refractivity contribution in [3.05, 3.63) is 0 Å². The highest BCUT2D eigenvalue weighted by Crippen LogP contribution is 1.83. The zero-order chi connectivity index (χ0) is 5.91. The summed E-state index contributed by atoms with van der Waals surface area (Å²) in [7, 11) is -1.59. The van der Waals surface area contributed by atoms with E-state index in [0.717, 1.165) is 15.8 Å². The summed E-state index contributed by atoms with van der Waals surface area (Å²) in [5.74, 6) is 0.325. The van der Waals surface area contributed by atoms with Gasteiger partial charge in [0.1, 0.15) is 9.29 Å². The molecule has 0 spiro atoms. The van der Waals surface area contributed by atoms with Gasteiger partial charge in [-0.25, -0.2) is 8.42 Å². The maximum Gasteiger partial charge on any atom is 0.167 e. The smallest absolute Gasteiger partial charge is 0.167 e. The Balaban J connectivity index is 3.60. The summed E-state index contributed by atoms with van der Waals surface area (Å²) in [6, 6.07) is 0. The molecule has 0 rings (SSSR count). The van der Waals surface area contributed by atoms with E-state index in [9.17, 15) is 8.42 Å². The molecule has 0 N–H and O–H groups in total. The Morgan fingerprint density at radius 3 is 2.00 bits per heavy atom. The van der Waals surface area contributed by atoms with Crippen molar-refractivity contribution in [1.82, 2.24) is 0 Å². The van der Waals surface area contributed by atoms with E-state index in [1.54, 1.807) is 0 Å². The fraction of sp³-hybridized carbons (Fsp3) is 1.00. The van der Waals surface area contributed by atoms with Gasteiger partial charge in [-0.05, 0) is 6.42 Å². The molecule has 0 fully saturated rings. The lowest BCUT2D eigenvalue weighted by Crippen LogP contribution is -2.02. The van der Waals surface area contributed by atoms with Crippen LogP contribution in [0.15, 0.2) is 0 Å². The summed E-state index contributed by atoms with van der Waals surface area (Å²) >= 11 is 0. The topological polar surface area (TPSA) is 34.1 Å². The molecular weight excluding hydrogens is 128 g/mol. The van der Waals surface area contributed by atoms with Crippen LogP contribution in [0.3, 0.4) is 0 Å². The van der Waals surface area contributed by atoms with E-state index in [0.29, 0.717) is 5.75 Å². The first-order valence-corrected chi connectivity index (χ1v) is 5.67. The molecule has 0 aromatic carbocycles. The van der Waals surface area contributed by atoms with Crippen LogP contribution in [0, 0.1) is 0 Å². The van der Waals surface area contributed by atoms with Crippen molar-refractivity contribution < 1.29 is 8.42 Å². The third-order valence-corrected chi connectivity index (χ3v) is 2.41. The molecule has 0 heterocycles. The lowest BCUT2D eigenvalue weighted by molar-refractivity contribution is 0.608. The molecule has 0 aliphatic carbocycles. The average Bonchev–Trinajstić information content (AvgIpc) is 1.30. The van der Waals surface area contributed by atoms with Crippen LogP contribution in [0.5, 0.6) is 0 Å². The van der Waals surface area contributed by atoms with Gasteiger partial charge in [-0.3, -0.25) is 0 Å². The van der Waals surface area contributed by atoms with E-state index in [2.05, 4.69) is 0 Å². The summed E-state index contributed by atoms with van der Waals surface area (Å²) < 4.78 is 20.5. The molecule has 4 heteroatoms. The number of hydrogen-bond acceptors (Lipinski definition) is 2. The van der Waals surface area contributed by atoms with Crippen molar-refractivity contribution in [2.75, 3.05) is 5.75 Å². The largest absolute Gasteiger partial charge is 0.237 e. The van der Waals surface area contributed by atoms with Crippen molar-refractivity contribution >= 4 is 18.7 Å². The Morgan fingerprint density at radius 2 is 2.00 bits per heavy atom. The highest BCUT2D eigenvalue weighted by molar-refractivity contribution is 8.12. The van der Waals surface area contributed by atoms with Gasteiger partial charge in [0.25, 0.3) is 0 Å². The van der Waals surface area contributed by atoms with Crippen LogP contribution in [0.4, 0.5) is 0 Å². The molecule has 0 aromatic rings. The summed E-state index contributed by atoms with van der Waals surface area (Å²) in [6.45, 7) is 1.85. The molecular formula is C3H9O2SSi. The fourth-order valence-corrected chi connectivity index (χ4v) is 1.80. The third kappa shape index (κ3) is 6.17. The van der Waals surface area contributed by atoms with Crippen LogP contribution in [-0.2, 0) is 9.29 Å². The summed E-state index contributed by atoms with van der Waals surface area (Å²) in [5, 5.41) is 0. The lowest BCUT2D eigenvalue weighted by atomic mass is 10.6. The van der Waals surface area contributed by atoms with Crippen LogP contribution in [-0.4, -0.2) is 23.6 Å². The van der Waals surface area contributed by atoms with Crippen molar-refractivity contribution in [1.29, 1.82) is 0 Å². The first-order valence-electron chi connectivity index (χ1n) is 2.12. The van der Waals surface area contributed by atoms with Gasteiger partial charge in [-0.1, -0.05) is 6.92 Å². The Hall–Kier alpha value is 0.167. The van der Waals surface area contributed by atoms with Gasteiger partial charge in [0.05, 0.1) is 0 Å². The predicted octanol–water partition coefficient (Wildman–Crippen LogP) is -0.641. The molecule has 0 aromatic heterocycles. The normalized spacial score (nSPS) is 11.7. The van der Waals surface area contributed by atoms with Crippen LogP contribution in [0.2, 0.25) is 0 Å². The average molecular weight is 137 g/mol. The van der Waals surface area contributed by atoms with E-state index in [-0.39, 0.29) is 0 Å². The molecule has 1 radical (unpaired) electrons. The van der Waals surface area contributed by atoms with Gasteiger partial charge in [0, 0.05) is 5.75 Å². The Kier molecular flexibility index (Phi) is 2.53. The second-order valence-electron chi connectivity index (χ2n) is 1.45. The first-order chi connectivity index (χ1) is 3.06. The quantitative estimate of drug-likeness (QED) is 0.474. The minimum absolute atomic E-state index is 0.325. The Morgan fingerprint density at radius 1 is 1.57 bits per heavy atom. The molecule has 43 valence electrons. The molecule has 0 saturated carbocycles.